The van der Waals surface area contributed by atoms with Gasteiger partial charge in [-0.05, 0) is 149 Å². The second kappa shape index (κ2) is 62.2. The van der Waals surface area contributed by atoms with E-state index >= 15 is 0 Å². The molecule has 6 aromatic carbocycles. The van der Waals surface area contributed by atoms with Gasteiger partial charge in [-0.15, -0.1) is 22.7 Å². The van der Waals surface area contributed by atoms with Crippen molar-refractivity contribution in [3.8, 4) is 33.4 Å². The van der Waals surface area contributed by atoms with Crippen LogP contribution < -0.4 is 21.8 Å². The van der Waals surface area contributed by atoms with E-state index in [4.69, 9.17) is 18.9 Å². The molecule has 17 heteroatoms. The number of carbonyl (C=O) groups excluding carboxylic acids is 4. The molecule has 12 rings (SSSR count). The first-order valence-electron chi connectivity index (χ1n) is 56.2. The second-order valence-electron chi connectivity index (χ2n) is 42.4. The fourth-order valence-electron chi connectivity index (χ4n) is 20.8. The minimum atomic E-state index is -2.31. The van der Waals surface area contributed by atoms with E-state index in [0.717, 1.165) is 105 Å². The fourth-order valence-corrected chi connectivity index (χ4v) is 31.6. The Balaban J connectivity index is 0.000000238. The van der Waals surface area contributed by atoms with Gasteiger partial charge >= 0.3 is 276 Å². The molecule has 0 fully saturated rings. The first-order valence-corrected chi connectivity index (χ1v) is 71.1. The van der Waals surface area contributed by atoms with Crippen LogP contribution >= 0.6 is 77.2 Å². The van der Waals surface area contributed by atoms with Crippen LogP contribution in [-0.4, -0.2) is 91.3 Å². The zero-order chi connectivity index (χ0) is 99.6. The van der Waals surface area contributed by atoms with Crippen molar-refractivity contribution in [1.82, 2.24) is 9.80 Å². The van der Waals surface area contributed by atoms with Crippen molar-refractivity contribution >= 4 is 184 Å². The molecule has 10 aromatic rings. The summed E-state index contributed by atoms with van der Waals surface area (Å²) in [5, 5.41) is 9.86. The van der Waals surface area contributed by atoms with E-state index in [-0.39, 0.29) is 23.6 Å². The first kappa shape index (κ1) is 116. The number of thiophene rings is 4. The van der Waals surface area contributed by atoms with Crippen LogP contribution in [0.2, 0.25) is 14.8 Å². The van der Waals surface area contributed by atoms with Gasteiger partial charge < -0.3 is 9.47 Å². The van der Waals surface area contributed by atoms with Crippen molar-refractivity contribution < 1.29 is 38.1 Å². The Labute approximate surface area is 878 Å². The van der Waals surface area contributed by atoms with Gasteiger partial charge in [-0.3, -0.25) is 29.0 Å². The summed E-state index contributed by atoms with van der Waals surface area (Å²) in [7, 11) is 0. The number of ether oxygens (including phenoxy) is 4. The van der Waals surface area contributed by atoms with E-state index in [1.807, 2.05) is 35.7 Å². The van der Waals surface area contributed by atoms with Gasteiger partial charge in [0.05, 0.1) is 35.5 Å². The predicted molar refractivity (Wildman–Crippen MR) is 617 cm³/mol. The normalized spacial score (nSPS) is 13.7. The van der Waals surface area contributed by atoms with E-state index in [2.05, 4.69) is 196 Å². The average Bonchev–Trinajstić information content (AvgIpc) is 1.58. The zero-order valence-electron chi connectivity index (χ0n) is 89.3. The molecule has 768 valence electrons. The molecule has 4 amide bonds. The van der Waals surface area contributed by atoms with Crippen molar-refractivity contribution in [2.24, 2.45) is 23.7 Å². The number of aryl methyl sites for hydroxylation is 3. The van der Waals surface area contributed by atoms with Crippen LogP contribution in [0.5, 0.6) is 23.0 Å². The van der Waals surface area contributed by atoms with Crippen LogP contribution in [0, 0.1) is 44.4 Å². The summed E-state index contributed by atoms with van der Waals surface area (Å²) in [5.41, 5.74) is 3.86. The number of hydrogen-bond acceptors (Lipinski definition) is 12. The van der Waals surface area contributed by atoms with E-state index in [1.165, 1.54) is 362 Å². The number of amides is 4. The summed E-state index contributed by atoms with van der Waals surface area (Å²) in [6.07, 6.45) is 65.1. The largest absolute Gasteiger partial charge is 0.493 e. The van der Waals surface area contributed by atoms with Gasteiger partial charge in [-0.25, -0.2) is 0 Å². The Kier molecular flexibility index (Phi) is 51.8. The maximum atomic E-state index is 14.5. The van der Waals surface area contributed by atoms with Crippen LogP contribution in [0.3, 0.4) is 0 Å². The van der Waals surface area contributed by atoms with Gasteiger partial charge in [-0.1, -0.05) is 273 Å². The SMILES string of the molecule is CCCCCCC(CCCC)COc1cc2c[c]([Sn]([CH3])([CH3])[CH3])sc2c2c(OCC(CCCC)CCCCCC)cc3cc(C)sc3c12.CCCCCCCCCCCCN1C(=O)c2c(Br)ccc(Br)c2C1=O.CCCCCCCCCCCCN1C(=O)c2c(C)ccc(-c3cc4cc(OCC(CCCC)CCCCCC)c5c6sc(C)cc6cc(OCC(CCCC)CCCCCC)c5c4s3)c2C1=O. The van der Waals surface area contributed by atoms with Gasteiger partial charge in [-0.2, -0.15) is 0 Å². The van der Waals surface area contributed by atoms with Crippen LogP contribution in [0.4, 0.5) is 0 Å². The van der Waals surface area contributed by atoms with Crippen LogP contribution in [0.1, 0.15) is 460 Å². The summed E-state index contributed by atoms with van der Waals surface area (Å²) in [4.78, 5) is 67.9. The van der Waals surface area contributed by atoms with Gasteiger partial charge in [0.1, 0.15) is 11.5 Å². The quantitative estimate of drug-likeness (QED) is 0.0211. The van der Waals surface area contributed by atoms with Crippen molar-refractivity contribution in [3.05, 3.63) is 119 Å². The van der Waals surface area contributed by atoms with E-state index in [0.29, 0.717) is 81.2 Å². The second-order valence-corrected chi connectivity index (χ2v) is 64.1. The molecule has 0 aliphatic carbocycles. The van der Waals surface area contributed by atoms with Crippen LogP contribution in [0.15, 0.2) is 81.7 Å². The summed E-state index contributed by atoms with van der Waals surface area (Å²) in [6.45, 7) is 33.4. The molecule has 0 N–H and O–H groups in total. The maximum absolute atomic E-state index is 14.5. The minimum absolute atomic E-state index is 0.136. The zero-order valence-corrected chi connectivity index (χ0v) is 98.6. The molecular weight excluding hydrogens is 2030 g/mol. The van der Waals surface area contributed by atoms with Gasteiger partial charge in [0.15, 0.2) is 0 Å². The Morgan fingerprint density at radius 1 is 0.288 bits per heavy atom. The molecule has 6 heterocycles. The van der Waals surface area contributed by atoms with E-state index < -0.39 is 18.4 Å². The Hall–Kier alpha value is -5.08. The van der Waals surface area contributed by atoms with Crippen LogP contribution in [0.25, 0.3) is 72.3 Å². The van der Waals surface area contributed by atoms with E-state index in [1.54, 1.807) is 26.4 Å². The maximum Gasteiger partial charge on any atom is 0.262 e. The van der Waals surface area contributed by atoms with Crippen molar-refractivity contribution in [1.29, 1.82) is 0 Å². The Morgan fingerprint density at radius 2 is 0.554 bits per heavy atom. The summed E-state index contributed by atoms with van der Waals surface area (Å²) >= 11 is 12.0. The number of nitrogens with zero attached hydrogens (tertiary/aromatic N) is 2. The molecular formula is C122H180Br2N2O8S4Sn. The van der Waals surface area contributed by atoms with Gasteiger partial charge in [0.25, 0.3) is 23.6 Å². The van der Waals surface area contributed by atoms with Gasteiger partial charge in [0, 0.05) is 57.5 Å². The first-order chi connectivity index (χ1) is 67.5. The standard InChI is InChI=1S/C60H87NO4S2.C39H57O2S2.C20H27Br2NO2.3CH3.Sn/c1-8-13-18-21-22-23-24-25-26-29-36-61-59(62)53-43(6)34-35-49(54(53)60(61)63)52-40-48-39-51(65-42-46(31-17-12-5)33-28-20-15-10-3)55-56(58(48)67-52)50(38-47-37-44(7)66-57(47)55)64-41-45(30-16-11-4)32-27-19-14-9-2;1-6-10-14-16-20-30(18-12-8-3)27-40-34-25-32-22-23-42-38(32)36-35(26-33-24-29(5)43-39(33)37(34)36)41-28-31(19-13-9-4)21-17-15-11-7-2;1-2-3-4-5-6-7-8-9-10-11-14-23-19(24)17-15(21)12-13-16(22)18(17)20(23)25;;;;/h34-35,37-40,45-46H,8-33,36,41-42H2,1-7H3;22,24-26,30-31H,6-21,27-28H2,1-5H3;12-13H,2-11,14H2,1H3;3*1H3;. The minimum Gasteiger partial charge on any atom is -0.493 e. The Bertz CT molecular complexity index is 5330. The third-order valence-electron chi connectivity index (χ3n) is 29.3. The molecule has 0 saturated carbocycles. The Morgan fingerprint density at radius 3 is 0.878 bits per heavy atom. The molecule has 0 spiro atoms. The van der Waals surface area contributed by atoms with Crippen molar-refractivity contribution in [2.75, 3.05) is 39.5 Å². The topological polar surface area (TPSA) is 112 Å². The van der Waals surface area contributed by atoms with Gasteiger partial charge in [0.2, 0.25) is 0 Å². The molecule has 139 heavy (non-hydrogen) atoms. The molecule has 4 atom stereocenters. The smallest absolute Gasteiger partial charge is 0.262 e. The predicted octanol–water partition coefficient (Wildman–Crippen LogP) is 40.5. The van der Waals surface area contributed by atoms with E-state index in [9.17, 15) is 19.2 Å². The number of imide groups is 2. The monoisotopic (exact) mass is 2210 g/mol. The molecule has 4 aromatic heterocycles. The average molecular weight is 2210 g/mol. The number of carbonyl (C=O) groups is 4. The number of rotatable bonds is 68. The van der Waals surface area contributed by atoms with Crippen molar-refractivity contribution in [2.45, 2.75) is 439 Å². The number of fused-ring (bicyclic) bond motifs is 12. The fraction of sp³-hybridized carbons (Fsp3) is 0.639. The number of hydrogen-bond donors (Lipinski definition) is 0. The molecule has 2 aliphatic heterocycles. The summed E-state index contributed by atoms with van der Waals surface area (Å²) < 4.78 is 36.6. The molecule has 0 saturated heterocycles. The summed E-state index contributed by atoms with van der Waals surface area (Å²) in [5.74, 6) is 5.65. The third-order valence-corrected chi connectivity index (χ3v) is 44.6. The molecule has 0 radical (unpaired) electrons. The van der Waals surface area contributed by atoms with Crippen molar-refractivity contribution in [3.63, 3.8) is 0 Å². The molecule has 4 unspecified atom stereocenters. The van der Waals surface area contributed by atoms with Crippen LogP contribution in [-0.2, 0) is 0 Å². The molecule has 0 bridgehead atoms. The summed E-state index contributed by atoms with van der Waals surface area (Å²) in [6, 6.07) is 26.5. The molecule has 10 nitrogen and oxygen atoms in total. The third kappa shape index (κ3) is 34.0. The number of benzene rings is 6. The number of unbranched alkanes of at least 4 members (excludes halogenated alkanes) is 34. The number of halogens is 2. The molecule has 2 aliphatic rings.